The molecule has 1 aliphatic carbocycles. The topological polar surface area (TPSA) is 76.7 Å². The van der Waals surface area contributed by atoms with Gasteiger partial charge >= 0.3 is 11.9 Å². The van der Waals surface area contributed by atoms with Gasteiger partial charge in [-0.3, -0.25) is 4.79 Å². The summed E-state index contributed by atoms with van der Waals surface area (Å²) in [6.45, 7) is 19.2. The summed E-state index contributed by atoms with van der Waals surface area (Å²) in [4.78, 5) is 26.1. The SMILES string of the molecule is CC1(C)CC(OC(=O)c2ccc(C3=CC[C@@](C)(C(=O)OC4CC(C)(C)NC(C)(C)C4)C=C3)cc2)CC(C)(C)N1. The summed E-state index contributed by atoms with van der Waals surface area (Å²) in [5.41, 5.74) is 1.56. The van der Waals surface area contributed by atoms with Gasteiger partial charge in [0.2, 0.25) is 0 Å². The fourth-order valence-corrected chi connectivity index (χ4v) is 7.03. The third-order valence-electron chi connectivity index (χ3n) is 8.15. The molecule has 6 nitrogen and oxygen atoms in total. The Balaban J connectivity index is 1.36. The van der Waals surface area contributed by atoms with Crippen LogP contribution in [-0.2, 0) is 14.3 Å². The van der Waals surface area contributed by atoms with Gasteiger partial charge in [-0.15, -0.1) is 0 Å². The molecule has 1 aromatic rings. The Morgan fingerprint density at radius 1 is 0.718 bits per heavy atom. The normalized spacial score (nSPS) is 27.9. The van der Waals surface area contributed by atoms with E-state index in [1.165, 1.54) is 0 Å². The summed E-state index contributed by atoms with van der Waals surface area (Å²) < 4.78 is 12.0. The van der Waals surface area contributed by atoms with Gasteiger partial charge in [0.25, 0.3) is 0 Å². The maximum Gasteiger partial charge on any atom is 0.338 e. The van der Waals surface area contributed by atoms with Crippen LogP contribution in [0.1, 0.15) is 110 Å². The lowest BCUT2D eigenvalue weighted by Gasteiger charge is -2.46. The van der Waals surface area contributed by atoms with E-state index in [9.17, 15) is 9.59 Å². The van der Waals surface area contributed by atoms with E-state index >= 15 is 0 Å². The number of benzene rings is 1. The number of nitrogens with one attached hydrogen (secondary N) is 2. The van der Waals surface area contributed by atoms with Gasteiger partial charge in [0.05, 0.1) is 11.0 Å². The highest BCUT2D eigenvalue weighted by atomic mass is 16.5. The zero-order valence-electron chi connectivity index (χ0n) is 25.4. The van der Waals surface area contributed by atoms with Crippen LogP contribution in [0.15, 0.2) is 42.5 Å². The molecular weight excluding hydrogens is 488 g/mol. The number of hydrogen-bond donors (Lipinski definition) is 2. The van der Waals surface area contributed by atoms with Crippen molar-refractivity contribution in [1.29, 1.82) is 0 Å². The molecule has 0 radical (unpaired) electrons. The van der Waals surface area contributed by atoms with Crippen LogP contribution in [0, 0.1) is 5.41 Å². The zero-order valence-corrected chi connectivity index (χ0v) is 25.4. The molecule has 6 heteroatoms. The van der Waals surface area contributed by atoms with Crippen molar-refractivity contribution in [2.24, 2.45) is 5.41 Å². The molecule has 0 unspecified atom stereocenters. The first-order valence-corrected chi connectivity index (χ1v) is 14.4. The summed E-state index contributed by atoms with van der Waals surface area (Å²) in [5.74, 6) is -0.456. The largest absolute Gasteiger partial charge is 0.462 e. The van der Waals surface area contributed by atoms with Crippen molar-refractivity contribution in [3.8, 4) is 0 Å². The Morgan fingerprint density at radius 2 is 1.18 bits per heavy atom. The van der Waals surface area contributed by atoms with Gasteiger partial charge in [-0.2, -0.15) is 0 Å². The number of esters is 2. The van der Waals surface area contributed by atoms with Gasteiger partial charge in [0, 0.05) is 47.8 Å². The van der Waals surface area contributed by atoms with Crippen LogP contribution in [0.3, 0.4) is 0 Å². The average molecular weight is 537 g/mol. The molecule has 4 rings (SSSR count). The van der Waals surface area contributed by atoms with E-state index < -0.39 is 5.41 Å². The molecule has 2 aliphatic heterocycles. The van der Waals surface area contributed by atoms with Gasteiger partial charge in [-0.25, -0.2) is 4.79 Å². The summed E-state index contributed by atoms with van der Waals surface area (Å²) in [6, 6.07) is 7.55. The van der Waals surface area contributed by atoms with E-state index in [0.29, 0.717) is 12.0 Å². The van der Waals surface area contributed by atoms with E-state index in [1.54, 1.807) is 0 Å². The number of piperidine rings is 2. The van der Waals surface area contributed by atoms with Crippen LogP contribution >= 0.6 is 0 Å². The third-order valence-corrected chi connectivity index (χ3v) is 8.15. The Bertz CT molecular complexity index is 1130. The minimum absolute atomic E-state index is 0.0809. The molecule has 0 saturated carbocycles. The number of ether oxygens (including phenoxy) is 2. The Labute approximate surface area is 235 Å². The molecule has 0 bridgehead atoms. The van der Waals surface area contributed by atoms with Crippen LogP contribution in [0.2, 0.25) is 0 Å². The average Bonchev–Trinajstić information content (AvgIpc) is 2.75. The van der Waals surface area contributed by atoms with Gasteiger partial charge < -0.3 is 20.1 Å². The fourth-order valence-electron chi connectivity index (χ4n) is 7.03. The molecule has 0 spiro atoms. The maximum absolute atomic E-state index is 13.2. The van der Waals surface area contributed by atoms with E-state index in [2.05, 4.69) is 72.1 Å². The molecule has 2 heterocycles. The predicted molar refractivity (Wildman–Crippen MR) is 156 cm³/mol. The molecular formula is C33H48N2O4. The lowest BCUT2D eigenvalue weighted by Crippen LogP contribution is -2.60. The van der Waals surface area contributed by atoms with Crippen molar-refractivity contribution >= 4 is 17.5 Å². The lowest BCUT2D eigenvalue weighted by molar-refractivity contribution is -0.161. The summed E-state index contributed by atoms with van der Waals surface area (Å²) >= 11 is 0. The summed E-state index contributed by atoms with van der Waals surface area (Å²) in [7, 11) is 0. The second kappa shape index (κ2) is 10.2. The van der Waals surface area contributed by atoms with E-state index in [4.69, 9.17) is 9.47 Å². The van der Waals surface area contributed by atoms with Crippen molar-refractivity contribution in [2.45, 2.75) is 129 Å². The number of rotatable bonds is 5. The first-order chi connectivity index (χ1) is 17.9. The van der Waals surface area contributed by atoms with Crippen LogP contribution in [0.25, 0.3) is 5.57 Å². The number of carbonyl (C=O) groups is 2. The predicted octanol–water partition coefficient (Wildman–Crippen LogP) is 6.35. The monoisotopic (exact) mass is 536 g/mol. The quantitative estimate of drug-likeness (QED) is 0.427. The summed E-state index contributed by atoms with van der Waals surface area (Å²) in [5, 5.41) is 7.26. The molecule has 2 saturated heterocycles. The second-order valence-electron chi connectivity index (χ2n) is 14.8. The lowest BCUT2D eigenvalue weighted by atomic mass is 9.79. The van der Waals surface area contributed by atoms with Crippen molar-refractivity contribution in [1.82, 2.24) is 10.6 Å². The smallest absolute Gasteiger partial charge is 0.338 e. The maximum atomic E-state index is 13.2. The van der Waals surface area contributed by atoms with E-state index in [0.717, 1.165) is 36.8 Å². The van der Waals surface area contributed by atoms with Crippen LogP contribution < -0.4 is 10.6 Å². The molecule has 2 N–H and O–H groups in total. The molecule has 214 valence electrons. The highest BCUT2D eigenvalue weighted by Gasteiger charge is 2.42. The van der Waals surface area contributed by atoms with Crippen molar-refractivity contribution in [3.63, 3.8) is 0 Å². The molecule has 39 heavy (non-hydrogen) atoms. The minimum Gasteiger partial charge on any atom is -0.462 e. The Kier molecular flexibility index (Phi) is 7.72. The van der Waals surface area contributed by atoms with Gasteiger partial charge in [0.1, 0.15) is 12.2 Å². The van der Waals surface area contributed by atoms with Crippen LogP contribution in [0.4, 0.5) is 0 Å². The highest BCUT2D eigenvalue weighted by Crippen LogP contribution is 2.37. The van der Waals surface area contributed by atoms with E-state index in [1.807, 2.05) is 43.3 Å². The van der Waals surface area contributed by atoms with Crippen LogP contribution in [-0.4, -0.2) is 46.3 Å². The van der Waals surface area contributed by atoms with Crippen LogP contribution in [0.5, 0.6) is 0 Å². The minimum atomic E-state index is -0.692. The first-order valence-electron chi connectivity index (χ1n) is 14.4. The fraction of sp³-hybridized carbons (Fsp3) is 0.636. The third kappa shape index (κ3) is 7.40. The second-order valence-corrected chi connectivity index (χ2v) is 14.8. The Morgan fingerprint density at radius 3 is 1.62 bits per heavy atom. The Hall–Kier alpha value is -2.44. The molecule has 0 aromatic heterocycles. The first kappa shape index (κ1) is 29.5. The molecule has 0 amide bonds. The van der Waals surface area contributed by atoms with Gasteiger partial charge in [-0.05, 0) is 92.0 Å². The molecule has 3 aliphatic rings. The van der Waals surface area contributed by atoms with Crippen molar-refractivity contribution in [3.05, 3.63) is 53.6 Å². The van der Waals surface area contributed by atoms with Gasteiger partial charge in [0.15, 0.2) is 0 Å². The molecule has 1 aromatic carbocycles. The standard InChI is InChI=1S/C33H48N2O4/c1-29(2)18-25(19-30(3,4)34-29)38-27(36)24-12-10-22(11-13-24)23-14-16-33(9,17-15-23)28(37)39-26-20-31(5,6)35-32(7,8)21-26/h10-16,25-26,34-35H,17-21H2,1-9H3/t33-/m0/s1. The highest BCUT2D eigenvalue weighted by molar-refractivity contribution is 5.90. The molecule has 1 atom stereocenters. The summed E-state index contributed by atoms with van der Waals surface area (Å²) in [6.07, 6.45) is 9.55. The number of hydrogen-bond acceptors (Lipinski definition) is 6. The van der Waals surface area contributed by atoms with Gasteiger partial charge in [-0.1, -0.05) is 30.4 Å². The van der Waals surface area contributed by atoms with Crippen molar-refractivity contribution in [2.75, 3.05) is 0 Å². The molecule has 2 fully saturated rings. The number of allylic oxidation sites excluding steroid dienone is 3. The number of carbonyl (C=O) groups excluding carboxylic acids is 2. The van der Waals surface area contributed by atoms with E-state index in [-0.39, 0.29) is 46.3 Å². The van der Waals surface area contributed by atoms with Crippen molar-refractivity contribution < 1.29 is 19.1 Å². The zero-order chi connectivity index (χ0) is 28.9.